The van der Waals surface area contributed by atoms with Crippen LogP contribution < -0.4 is 4.74 Å². The summed E-state index contributed by atoms with van der Waals surface area (Å²) < 4.78 is 11.5. The highest BCUT2D eigenvalue weighted by molar-refractivity contribution is 5.38. The van der Waals surface area contributed by atoms with E-state index in [2.05, 4.69) is 54.0 Å². The van der Waals surface area contributed by atoms with E-state index in [0.29, 0.717) is 6.73 Å². The van der Waals surface area contributed by atoms with Gasteiger partial charge < -0.3 is 9.15 Å². The molecule has 3 rings (SSSR count). The molecule has 0 bridgehead atoms. The second-order valence-electron chi connectivity index (χ2n) is 8.29. The molecule has 3 heteroatoms. The van der Waals surface area contributed by atoms with Crippen molar-refractivity contribution >= 4 is 0 Å². The first kappa shape index (κ1) is 23.1. The van der Waals surface area contributed by atoms with E-state index in [4.69, 9.17) is 9.15 Å². The number of benzene rings is 1. The molecule has 1 aliphatic rings. The molecule has 0 atom stereocenters. The topological polar surface area (TPSA) is 25.6 Å². The quantitative estimate of drug-likeness (QED) is 0.233. The molecule has 0 amide bonds. The molecule has 0 fully saturated rings. The molecule has 1 aromatic carbocycles. The van der Waals surface area contributed by atoms with Gasteiger partial charge in [-0.2, -0.15) is 0 Å². The van der Waals surface area contributed by atoms with Crippen LogP contribution >= 0.6 is 0 Å². The number of ether oxygens (including phenoxy) is 1. The molecule has 0 N–H and O–H groups in total. The Morgan fingerprint density at radius 3 is 2.65 bits per heavy atom. The number of rotatable bonds is 14. The summed E-state index contributed by atoms with van der Waals surface area (Å²) in [5.74, 6) is 2.04. The van der Waals surface area contributed by atoms with Gasteiger partial charge in [0.05, 0.1) is 12.8 Å². The lowest BCUT2D eigenvalue weighted by atomic mass is 10.0. The van der Waals surface area contributed by atoms with Crippen molar-refractivity contribution in [1.29, 1.82) is 0 Å². The Bertz CT molecular complexity index is 820. The molecule has 3 nitrogen and oxygen atoms in total. The van der Waals surface area contributed by atoms with Crippen LogP contribution in [0.15, 0.2) is 78.0 Å². The minimum Gasteiger partial charge on any atom is -0.478 e. The molecule has 2 heterocycles. The van der Waals surface area contributed by atoms with Crippen LogP contribution in [-0.4, -0.2) is 11.6 Å². The molecule has 0 unspecified atom stereocenters. The Kier molecular flexibility index (Phi) is 10.2. The van der Waals surface area contributed by atoms with Crippen LogP contribution in [0.2, 0.25) is 0 Å². The van der Waals surface area contributed by atoms with E-state index in [1.165, 1.54) is 49.7 Å². The number of fused-ring (bicyclic) bond motifs is 1. The highest BCUT2D eigenvalue weighted by Gasteiger charge is 2.18. The summed E-state index contributed by atoms with van der Waals surface area (Å²) in [7, 11) is 0. The van der Waals surface area contributed by atoms with Gasteiger partial charge in [0, 0.05) is 12.1 Å². The number of unbranched alkanes of at least 4 members (excludes halogenated alkanes) is 5. The van der Waals surface area contributed by atoms with Crippen molar-refractivity contribution in [3.63, 3.8) is 0 Å². The lowest BCUT2D eigenvalue weighted by Gasteiger charge is -2.28. The van der Waals surface area contributed by atoms with Crippen molar-refractivity contribution in [3.05, 3.63) is 90.4 Å². The number of nitrogens with zero attached hydrogens (tertiary/aromatic N) is 1. The standard InChI is InChI=1S/C28H37NO2/c1-2-3-4-5-6-7-8-9-10-11-12-13-14-16-25-18-19-26-22-29(24-31-28(26)21-25)23-27-17-15-20-30-27/h2,4-5,7-8,15,17-21H,1,3,6,9-14,16,22-24H2/b5-4-,8-7-. The van der Waals surface area contributed by atoms with Crippen LogP contribution in [0, 0.1) is 0 Å². The van der Waals surface area contributed by atoms with Crippen LogP contribution in [0.3, 0.4) is 0 Å². The van der Waals surface area contributed by atoms with E-state index < -0.39 is 0 Å². The number of furan rings is 1. The van der Waals surface area contributed by atoms with Gasteiger partial charge in [-0.1, -0.05) is 61.8 Å². The fraction of sp³-hybridized carbons (Fsp3) is 0.429. The summed E-state index contributed by atoms with van der Waals surface area (Å²) in [4.78, 5) is 2.26. The van der Waals surface area contributed by atoms with E-state index in [9.17, 15) is 0 Å². The lowest BCUT2D eigenvalue weighted by Crippen LogP contribution is -2.31. The average Bonchev–Trinajstić information content (AvgIpc) is 3.30. The number of allylic oxidation sites excluding steroid dienone is 5. The highest BCUT2D eigenvalue weighted by atomic mass is 16.5. The first-order valence-electron chi connectivity index (χ1n) is 11.8. The predicted octanol–water partition coefficient (Wildman–Crippen LogP) is 7.59. The zero-order chi connectivity index (χ0) is 21.6. The van der Waals surface area contributed by atoms with Gasteiger partial charge >= 0.3 is 0 Å². The van der Waals surface area contributed by atoms with Crippen molar-refractivity contribution in [2.75, 3.05) is 6.73 Å². The second kappa shape index (κ2) is 13.7. The molecule has 0 aliphatic carbocycles. The Morgan fingerprint density at radius 1 is 0.935 bits per heavy atom. The van der Waals surface area contributed by atoms with Gasteiger partial charge in [-0.05, 0) is 62.3 Å². The van der Waals surface area contributed by atoms with Crippen molar-refractivity contribution < 1.29 is 9.15 Å². The predicted molar refractivity (Wildman–Crippen MR) is 129 cm³/mol. The third-order valence-corrected chi connectivity index (χ3v) is 5.63. The summed E-state index contributed by atoms with van der Waals surface area (Å²) in [5, 5.41) is 0. The number of aryl methyl sites for hydroxylation is 1. The van der Waals surface area contributed by atoms with Gasteiger partial charge in [0.15, 0.2) is 0 Å². The first-order valence-corrected chi connectivity index (χ1v) is 11.8. The van der Waals surface area contributed by atoms with Crippen molar-refractivity contribution in [3.8, 4) is 5.75 Å². The molecular formula is C28H37NO2. The molecule has 166 valence electrons. The van der Waals surface area contributed by atoms with E-state index in [1.807, 2.05) is 18.2 Å². The number of hydrogen-bond acceptors (Lipinski definition) is 3. The van der Waals surface area contributed by atoms with Crippen LogP contribution in [0.1, 0.15) is 68.3 Å². The van der Waals surface area contributed by atoms with Gasteiger partial charge in [-0.3, -0.25) is 4.90 Å². The fourth-order valence-electron chi connectivity index (χ4n) is 3.89. The van der Waals surface area contributed by atoms with Crippen LogP contribution in [0.4, 0.5) is 0 Å². The zero-order valence-electron chi connectivity index (χ0n) is 18.8. The van der Waals surface area contributed by atoms with Gasteiger partial charge in [0.25, 0.3) is 0 Å². The van der Waals surface area contributed by atoms with Crippen LogP contribution in [-0.2, 0) is 19.5 Å². The first-order chi connectivity index (χ1) is 15.3. The molecule has 0 spiro atoms. The summed E-state index contributed by atoms with van der Waals surface area (Å²) in [6, 6.07) is 10.7. The third-order valence-electron chi connectivity index (χ3n) is 5.63. The molecule has 31 heavy (non-hydrogen) atoms. The van der Waals surface area contributed by atoms with E-state index in [1.54, 1.807) is 6.26 Å². The van der Waals surface area contributed by atoms with Crippen molar-refractivity contribution in [2.45, 2.75) is 70.9 Å². The van der Waals surface area contributed by atoms with Crippen molar-refractivity contribution in [2.24, 2.45) is 0 Å². The van der Waals surface area contributed by atoms with Gasteiger partial charge in [0.2, 0.25) is 0 Å². The SMILES string of the molecule is C=CC/C=C\C/C=C\CCCCCCCc1ccc2c(c1)OCN(Cc1ccco1)C2. The molecule has 0 radical (unpaired) electrons. The van der Waals surface area contributed by atoms with Crippen LogP contribution in [0.5, 0.6) is 5.75 Å². The Hall–Kier alpha value is -2.52. The Morgan fingerprint density at radius 2 is 1.77 bits per heavy atom. The summed E-state index contributed by atoms with van der Waals surface area (Å²) in [6.07, 6.45) is 23.5. The maximum absolute atomic E-state index is 6.01. The van der Waals surface area contributed by atoms with Gasteiger partial charge in [0.1, 0.15) is 18.2 Å². The lowest BCUT2D eigenvalue weighted by molar-refractivity contribution is 0.0822. The molecule has 1 aromatic heterocycles. The maximum Gasteiger partial charge on any atom is 0.142 e. The second-order valence-corrected chi connectivity index (χ2v) is 8.29. The minimum atomic E-state index is 0.622. The summed E-state index contributed by atoms with van der Waals surface area (Å²) >= 11 is 0. The van der Waals surface area contributed by atoms with E-state index in [-0.39, 0.29) is 0 Å². The smallest absolute Gasteiger partial charge is 0.142 e. The fourth-order valence-corrected chi connectivity index (χ4v) is 3.89. The molecular weight excluding hydrogens is 382 g/mol. The monoisotopic (exact) mass is 419 g/mol. The normalized spacial score (nSPS) is 14.2. The Balaban J connectivity index is 1.26. The summed E-state index contributed by atoms with van der Waals surface area (Å²) in [6.45, 7) is 6.04. The average molecular weight is 420 g/mol. The molecule has 0 saturated heterocycles. The largest absolute Gasteiger partial charge is 0.478 e. The highest BCUT2D eigenvalue weighted by Crippen LogP contribution is 2.28. The maximum atomic E-state index is 6.01. The van der Waals surface area contributed by atoms with Crippen LogP contribution in [0.25, 0.3) is 0 Å². The zero-order valence-corrected chi connectivity index (χ0v) is 18.8. The molecule has 1 aliphatic heterocycles. The third kappa shape index (κ3) is 8.63. The van der Waals surface area contributed by atoms with E-state index >= 15 is 0 Å². The summed E-state index contributed by atoms with van der Waals surface area (Å²) in [5.41, 5.74) is 2.66. The van der Waals surface area contributed by atoms with Gasteiger partial charge in [-0.15, -0.1) is 6.58 Å². The van der Waals surface area contributed by atoms with E-state index in [0.717, 1.165) is 43.9 Å². The Labute approximate surface area is 188 Å². The van der Waals surface area contributed by atoms with Crippen molar-refractivity contribution in [1.82, 2.24) is 4.90 Å². The number of hydrogen-bond donors (Lipinski definition) is 0. The molecule has 0 saturated carbocycles. The minimum absolute atomic E-state index is 0.622. The molecule has 2 aromatic rings. The van der Waals surface area contributed by atoms with Gasteiger partial charge in [-0.25, -0.2) is 0 Å².